The van der Waals surface area contributed by atoms with Gasteiger partial charge in [0.2, 0.25) is 11.8 Å². The summed E-state index contributed by atoms with van der Waals surface area (Å²) < 4.78 is 12.2. The quantitative estimate of drug-likeness (QED) is 0.189. The lowest BCUT2D eigenvalue weighted by molar-refractivity contribution is -0.122. The summed E-state index contributed by atoms with van der Waals surface area (Å²) in [6.45, 7) is 4.29. The van der Waals surface area contributed by atoms with Crippen LogP contribution in [0.4, 0.5) is 5.69 Å². The smallest absolute Gasteiger partial charge is 0.338 e. The van der Waals surface area contributed by atoms with Gasteiger partial charge in [-0.05, 0) is 61.9 Å². The van der Waals surface area contributed by atoms with Crippen molar-refractivity contribution in [3.63, 3.8) is 0 Å². The summed E-state index contributed by atoms with van der Waals surface area (Å²) in [6.07, 6.45) is 0. The number of thiazole rings is 1. The SMILES string of the molecule is CCOC(=O)c1ccc(N2C(=O)C3Sc4[nH]c(=O)sc4C(c4cc(Br)ccc4OCc4cccc(C)c4)C3C2=O)cc1. The zero-order valence-electron chi connectivity index (χ0n) is 22.6. The zero-order chi connectivity index (χ0) is 29.5. The number of carbonyl (C=O) groups is 3. The first-order valence-electron chi connectivity index (χ1n) is 13.3. The van der Waals surface area contributed by atoms with E-state index >= 15 is 0 Å². The van der Waals surface area contributed by atoms with E-state index in [4.69, 9.17) is 9.47 Å². The summed E-state index contributed by atoms with van der Waals surface area (Å²) in [4.78, 5) is 57.1. The second-order valence-electron chi connectivity index (χ2n) is 9.99. The highest BCUT2D eigenvalue weighted by Gasteiger charge is 2.56. The lowest BCUT2D eigenvalue weighted by Crippen LogP contribution is -2.32. The summed E-state index contributed by atoms with van der Waals surface area (Å²) >= 11 is 5.82. The number of hydrogen-bond acceptors (Lipinski definition) is 8. The van der Waals surface area contributed by atoms with Gasteiger partial charge >= 0.3 is 10.8 Å². The van der Waals surface area contributed by atoms with E-state index in [0.717, 1.165) is 26.9 Å². The molecule has 8 nitrogen and oxygen atoms in total. The number of nitrogens with one attached hydrogen (secondary N) is 1. The van der Waals surface area contributed by atoms with E-state index in [1.165, 1.54) is 16.7 Å². The fourth-order valence-electron chi connectivity index (χ4n) is 5.42. The molecule has 0 bridgehead atoms. The van der Waals surface area contributed by atoms with Gasteiger partial charge in [0.1, 0.15) is 17.6 Å². The molecule has 4 aromatic rings. The van der Waals surface area contributed by atoms with Crippen LogP contribution in [0, 0.1) is 12.8 Å². The third kappa shape index (κ3) is 5.21. The first-order chi connectivity index (χ1) is 20.2. The molecule has 3 aromatic carbocycles. The Morgan fingerprint density at radius 1 is 1.02 bits per heavy atom. The predicted molar refractivity (Wildman–Crippen MR) is 164 cm³/mol. The molecule has 0 aliphatic carbocycles. The van der Waals surface area contributed by atoms with Gasteiger partial charge in [-0.3, -0.25) is 14.4 Å². The third-order valence-corrected chi connectivity index (χ3v) is 10.1. The van der Waals surface area contributed by atoms with Gasteiger partial charge in [-0.25, -0.2) is 9.69 Å². The predicted octanol–water partition coefficient (Wildman–Crippen LogP) is 6.06. The first-order valence-corrected chi connectivity index (χ1v) is 15.8. The molecule has 1 fully saturated rings. The lowest BCUT2D eigenvalue weighted by Gasteiger charge is -2.31. The number of H-pyrrole nitrogens is 1. The highest BCUT2D eigenvalue weighted by Crippen LogP contribution is 2.54. The van der Waals surface area contributed by atoms with Crippen LogP contribution in [-0.4, -0.2) is 34.6 Å². The largest absolute Gasteiger partial charge is 0.489 e. The van der Waals surface area contributed by atoms with E-state index in [2.05, 4.69) is 20.9 Å². The molecule has 3 atom stereocenters. The molecule has 1 N–H and O–H groups in total. The molecule has 6 rings (SSSR count). The van der Waals surface area contributed by atoms with E-state index in [1.807, 2.05) is 49.4 Å². The van der Waals surface area contributed by atoms with Crippen LogP contribution in [0.3, 0.4) is 0 Å². The van der Waals surface area contributed by atoms with Crippen LogP contribution in [0.15, 0.2) is 81.0 Å². The monoisotopic (exact) mass is 664 g/mol. The number of nitrogens with zero attached hydrogens (tertiary/aromatic N) is 1. The number of amides is 2. The van der Waals surface area contributed by atoms with Crippen LogP contribution in [0.1, 0.15) is 44.8 Å². The Labute approximate surface area is 258 Å². The summed E-state index contributed by atoms with van der Waals surface area (Å²) in [5, 5.41) is -0.171. The summed E-state index contributed by atoms with van der Waals surface area (Å²) in [5.41, 5.74) is 3.52. The number of halogens is 1. The van der Waals surface area contributed by atoms with Gasteiger partial charge in [0, 0.05) is 20.8 Å². The standard InChI is InChI=1S/C31H25BrN2O6S2/c1-3-39-30(37)18-7-10-20(11-8-18)34-28(35)24-23(25-27(33-31(38)42-25)41-26(24)29(34)36)21-14-19(32)9-12-22(21)40-15-17-6-4-5-16(2)13-17/h4-14,23-24,26H,3,15H2,1-2H3,(H,33,38). The fourth-order valence-corrected chi connectivity index (χ4v) is 8.31. The maximum Gasteiger partial charge on any atom is 0.338 e. The van der Waals surface area contributed by atoms with Crippen molar-refractivity contribution < 1.29 is 23.9 Å². The average Bonchev–Trinajstić information content (AvgIpc) is 3.46. The Kier molecular flexibility index (Phi) is 7.82. The van der Waals surface area contributed by atoms with Crippen molar-refractivity contribution in [1.82, 2.24) is 4.98 Å². The van der Waals surface area contributed by atoms with Gasteiger partial charge in [0.15, 0.2) is 0 Å². The summed E-state index contributed by atoms with van der Waals surface area (Å²) in [5.74, 6) is -2.03. The molecular formula is C31H25BrN2O6S2. The van der Waals surface area contributed by atoms with Crippen LogP contribution in [0.2, 0.25) is 0 Å². The summed E-state index contributed by atoms with van der Waals surface area (Å²) in [6, 6.07) is 19.9. The number of aryl methyl sites for hydroxylation is 1. The van der Waals surface area contributed by atoms with Gasteiger partial charge < -0.3 is 14.5 Å². The minimum Gasteiger partial charge on any atom is -0.489 e. The molecule has 1 aromatic heterocycles. The van der Waals surface area contributed by atoms with Crippen LogP contribution < -0.4 is 14.5 Å². The Morgan fingerprint density at radius 2 is 1.81 bits per heavy atom. The number of fused-ring (bicyclic) bond motifs is 2. The van der Waals surface area contributed by atoms with E-state index in [0.29, 0.717) is 39.1 Å². The molecule has 2 amide bonds. The molecule has 2 aliphatic rings. The van der Waals surface area contributed by atoms with E-state index < -0.39 is 23.1 Å². The number of esters is 1. The number of ether oxygens (including phenoxy) is 2. The summed E-state index contributed by atoms with van der Waals surface area (Å²) in [7, 11) is 0. The molecule has 3 unspecified atom stereocenters. The number of carbonyl (C=O) groups excluding carboxylic acids is 3. The molecule has 0 saturated carbocycles. The number of imide groups is 1. The molecule has 11 heteroatoms. The van der Waals surface area contributed by atoms with Gasteiger partial charge in [-0.1, -0.05) is 68.9 Å². The van der Waals surface area contributed by atoms with Crippen molar-refractivity contribution in [2.45, 2.75) is 36.6 Å². The van der Waals surface area contributed by atoms with Gasteiger partial charge in [-0.2, -0.15) is 0 Å². The first kappa shape index (κ1) is 28.4. The van der Waals surface area contributed by atoms with Crippen molar-refractivity contribution in [2.75, 3.05) is 11.5 Å². The number of benzene rings is 3. The van der Waals surface area contributed by atoms with Gasteiger partial charge in [-0.15, -0.1) is 0 Å². The van der Waals surface area contributed by atoms with E-state index in [-0.39, 0.29) is 23.3 Å². The van der Waals surface area contributed by atoms with Crippen LogP contribution in [0.5, 0.6) is 5.75 Å². The molecule has 0 spiro atoms. The lowest BCUT2D eigenvalue weighted by atomic mass is 9.82. The molecule has 2 aliphatic heterocycles. The van der Waals surface area contributed by atoms with Gasteiger partial charge in [0.25, 0.3) is 0 Å². The van der Waals surface area contributed by atoms with Gasteiger partial charge in [0.05, 0.1) is 28.8 Å². The molecular weight excluding hydrogens is 640 g/mol. The van der Waals surface area contributed by atoms with E-state index in [9.17, 15) is 19.2 Å². The minimum absolute atomic E-state index is 0.240. The number of rotatable bonds is 7. The second-order valence-corrected chi connectivity index (χ2v) is 13.1. The normalized spacial score (nSPS) is 19.4. The second kappa shape index (κ2) is 11.5. The van der Waals surface area contributed by atoms with Crippen molar-refractivity contribution in [3.8, 4) is 5.75 Å². The number of thioether (sulfide) groups is 1. The highest BCUT2D eigenvalue weighted by molar-refractivity contribution is 9.10. The van der Waals surface area contributed by atoms with Crippen molar-refractivity contribution in [2.24, 2.45) is 5.92 Å². The zero-order valence-corrected chi connectivity index (χ0v) is 25.8. The number of hydrogen-bond donors (Lipinski definition) is 1. The molecule has 0 radical (unpaired) electrons. The van der Waals surface area contributed by atoms with Crippen molar-refractivity contribution in [1.29, 1.82) is 0 Å². The van der Waals surface area contributed by atoms with Crippen LogP contribution >= 0.6 is 39.0 Å². The Hall–Kier alpha value is -3.67. The average molecular weight is 666 g/mol. The van der Waals surface area contributed by atoms with Crippen molar-refractivity contribution >= 4 is 62.5 Å². The number of aromatic nitrogens is 1. The molecule has 1 saturated heterocycles. The Bertz CT molecular complexity index is 1770. The minimum atomic E-state index is -0.776. The topological polar surface area (TPSA) is 106 Å². The maximum absolute atomic E-state index is 14.1. The molecule has 214 valence electrons. The Morgan fingerprint density at radius 3 is 2.55 bits per heavy atom. The third-order valence-electron chi connectivity index (χ3n) is 7.24. The van der Waals surface area contributed by atoms with Crippen molar-refractivity contribution in [3.05, 3.63) is 108 Å². The maximum atomic E-state index is 14.1. The Balaban J connectivity index is 1.39. The van der Waals surface area contributed by atoms with Crippen LogP contribution in [0.25, 0.3) is 0 Å². The molecule has 42 heavy (non-hydrogen) atoms. The van der Waals surface area contributed by atoms with E-state index in [1.54, 1.807) is 31.2 Å². The molecule has 3 heterocycles. The number of aromatic amines is 1. The number of anilines is 1. The fraction of sp³-hybridized carbons (Fsp3) is 0.226. The highest BCUT2D eigenvalue weighted by atomic mass is 79.9. The van der Waals surface area contributed by atoms with Crippen LogP contribution in [-0.2, 0) is 20.9 Å².